The number of amides is 1. The molecule has 0 saturated heterocycles. The molecule has 21 heavy (non-hydrogen) atoms. The molecule has 0 unspecified atom stereocenters. The minimum atomic E-state index is -0.232. The van der Waals surface area contributed by atoms with Gasteiger partial charge in [0, 0.05) is 18.2 Å². The lowest BCUT2D eigenvalue weighted by atomic mass is 9.84. The van der Waals surface area contributed by atoms with E-state index in [2.05, 4.69) is 11.4 Å². The van der Waals surface area contributed by atoms with Gasteiger partial charge < -0.3 is 15.8 Å². The first kappa shape index (κ1) is 15.3. The van der Waals surface area contributed by atoms with E-state index in [1.165, 1.54) is 0 Å². The Morgan fingerprint density at radius 1 is 1.48 bits per heavy atom. The van der Waals surface area contributed by atoms with Crippen LogP contribution in [0.15, 0.2) is 18.2 Å². The number of nitrogens with one attached hydrogen (secondary N) is 1. The minimum Gasteiger partial charge on any atom is -0.496 e. The normalized spacial score (nSPS) is 21.5. The molecule has 3 N–H and O–H groups in total. The predicted molar refractivity (Wildman–Crippen MR) is 79.5 cm³/mol. The molecule has 2 atom stereocenters. The molecule has 0 spiro atoms. The summed E-state index contributed by atoms with van der Waals surface area (Å²) in [4.78, 5) is 11.5. The predicted octanol–water partition coefficient (Wildman–Crippen LogP) is 1.70. The van der Waals surface area contributed by atoms with Crippen LogP contribution in [0.4, 0.5) is 0 Å². The van der Waals surface area contributed by atoms with Crippen molar-refractivity contribution in [2.24, 2.45) is 11.7 Å². The van der Waals surface area contributed by atoms with Crippen molar-refractivity contribution < 1.29 is 9.53 Å². The van der Waals surface area contributed by atoms with Gasteiger partial charge in [0.2, 0.25) is 5.91 Å². The number of carbonyl (C=O) groups is 1. The zero-order chi connectivity index (χ0) is 15.2. The summed E-state index contributed by atoms with van der Waals surface area (Å²) in [5.41, 5.74) is 7.00. The molecule has 0 radical (unpaired) electrons. The lowest BCUT2D eigenvalue weighted by Gasteiger charge is -2.30. The van der Waals surface area contributed by atoms with E-state index in [9.17, 15) is 4.79 Å². The summed E-state index contributed by atoms with van der Waals surface area (Å²) in [5.74, 6) is 0.404. The number of hydrogen-bond acceptors (Lipinski definition) is 4. The first-order valence-corrected chi connectivity index (χ1v) is 7.25. The lowest BCUT2D eigenvalue weighted by molar-refractivity contribution is -0.123. The topological polar surface area (TPSA) is 88.1 Å². The molecule has 1 fully saturated rings. The molecule has 1 aliphatic rings. The molecular formula is C16H21N3O2. The fraction of sp³-hybridized carbons (Fsp3) is 0.500. The van der Waals surface area contributed by atoms with Gasteiger partial charge in [-0.2, -0.15) is 5.26 Å². The second-order valence-corrected chi connectivity index (χ2v) is 5.42. The number of nitrogens with zero attached hydrogens (tertiary/aromatic N) is 1. The van der Waals surface area contributed by atoms with E-state index in [1.54, 1.807) is 19.2 Å². The summed E-state index contributed by atoms with van der Waals surface area (Å²) in [6, 6.07) is 7.57. The van der Waals surface area contributed by atoms with Crippen LogP contribution >= 0.6 is 0 Å². The van der Waals surface area contributed by atoms with Crippen molar-refractivity contribution in [1.29, 1.82) is 5.26 Å². The quantitative estimate of drug-likeness (QED) is 0.862. The molecule has 5 nitrogen and oxygen atoms in total. The van der Waals surface area contributed by atoms with Gasteiger partial charge in [0.1, 0.15) is 5.75 Å². The van der Waals surface area contributed by atoms with Crippen molar-refractivity contribution in [2.45, 2.75) is 38.3 Å². The molecule has 0 aliphatic heterocycles. The SMILES string of the molecule is COc1ccc(C#N)cc1CN[C@H]1CCCC[C@H]1C(N)=O. The van der Waals surface area contributed by atoms with Crippen LogP contribution in [-0.4, -0.2) is 19.1 Å². The van der Waals surface area contributed by atoms with Crippen molar-refractivity contribution in [1.82, 2.24) is 5.32 Å². The largest absolute Gasteiger partial charge is 0.496 e. The minimum absolute atomic E-state index is 0.103. The van der Waals surface area contributed by atoms with Crippen LogP contribution in [0.1, 0.15) is 36.8 Å². The van der Waals surface area contributed by atoms with Crippen molar-refractivity contribution in [3.05, 3.63) is 29.3 Å². The number of primary amides is 1. The Bertz CT molecular complexity index is 551. The van der Waals surface area contributed by atoms with Gasteiger partial charge in [-0.25, -0.2) is 0 Å². The van der Waals surface area contributed by atoms with Crippen LogP contribution in [0.3, 0.4) is 0 Å². The highest BCUT2D eigenvalue weighted by atomic mass is 16.5. The third kappa shape index (κ3) is 3.73. The van der Waals surface area contributed by atoms with E-state index in [4.69, 9.17) is 15.7 Å². The summed E-state index contributed by atoms with van der Waals surface area (Å²) in [6.07, 6.45) is 3.96. The lowest BCUT2D eigenvalue weighted by Crippen LogP contribution is -2.44. The molecule has 112 valence electrons. The standard InChI is InChI=1S/C16H21N3O2/c1-21-15-7-6-11(9-17)8-12(15)10-19-14-5-3-2-4-13(14)16(18)20/h6-8,13-14,19H,2-5,10H2,1H3,(H2,18,20)/t13-,14+/m1/s1. The van der Waals surface area contributed by atoms with Gasteiger partial charge in [0.15, 0.2) is 0 Å². The Hall–Kier alpha value is -2.06. The zero-order valence-electron chi connectivity index (χ0n) is 12.3. The number of nitrogens with two attached hydrogens (primary N) is 1. The number of methoxy groups -OCH3 is 1. The molecule has 1 amide bonds. The fourth-order valence-corrected chi connectivity index (χ4v) is 2.94. The molecule has 0 aromatic heterocycles. The second kappa shape index (κ2) is 7.09. The number of ether oxygens (including phenoxy) is 1. The molecule has 1 aromatic rings. The maximum atomic E-state index is 11.5. The van der Waals surface area contributed by atoms with Gasteiger partial charge >= 0.3 is 0 Å². The maximum Gasteiger partial charge on any atom is 0.222 e. The number of hydrogen-bond donors (Lipinski definition) is 2. The van der Waals surface area contributed by atoms with E-state index in [0.29, 0.717) is 12.1 Å². The van der Waals surface area contributed by atoms with Crippen molar-refractivity contribution in [3.63, 3.8) is 0 Å². The van der Waals surface area contributed by atoms with Crippen LogP contribution in [0.5, 0.6) is 5.75 Å². The van der Waals surface area contributed by atoms with E-state index >= 15 is 0 Å². The average molecular weight is 287 g/mol. The number of carbonyl (C=O) groups excluding carboxylic acids is 1. The first-order chi connectivity index (χ1) is 10.2. The Morgan fingerprint density at radius 3 is 2.90 bits per heavy atom. The second-order valence-electron chi connectivity index (χ2n) is 5.42. The van der Waals surface area contributed by atoms with Crippen LogP contribution in [0, 0.1) is 17.2 Å². The number of rotatable bonds is 5. The Balaban J connectivity index is 2.08. The average Bonchev–Trinajstić information content (AvgIpc) is 2.52. The molecule has 0 bridgehead atoms. The van der Waals surface area contributed by atoms with Gasteiger partial charge in [-0.1, -0.05) is 12.8 Å². The van der Waals surface area contributed by atoms with Gasteiger partial charge in [0.25, 0.3) is 0 Å². The Kier molecular flexibility index (Phi) is 5.18. The Labute approximate surface area is 125 Å². The van der Waals surface area contributed by atoms with E-state index in [1.807, 2.05) is 6.07 Å². The summed E-state index contributed by atoms with van der Waals surface area (Å²) >= 11 is 0. The molecule has 1 aromatic carbocycles. The van der Waals surface area contributed by atoms with Gasteiger partial charge in [-0.3, -0.25) is 4.79 Å². The smallest absolute Gasteiger partial charge is 0.222 e. The first-order valence-electron chi connectivity index (χ1n) is 7.25. The van der Waals surface area contributed by atoms with Crippen LogP contribution in [0.25, 0.3) is 0 Å². The van der Waals surface area contributed by atoms with E-state index in [-0.39, 0.29) is 17.9 Å². The van der Waals surface area contributed by atoms with Crippen molar-refractivity contribution in [3.8, 4) is 11.8 Å². The fourth-order valence-electron chi connectivity index (χ4n) is 2.94. The highest BCUT2D eigenvalue weighted by Gasteiger charge is 2.28. The van der Waals surface area contributed by atoms with Crippen molar-refractivity contribution >= 4 is 5.91 Å². The van der Waals surface area contributed by atoms with Crippen LogP contribution in [0.2, 0.25) is 0 Å². The molecule has 1 saturated carbocycles. The highest BCUT2D eigenvalue weighted by molar-refractivity contribution is 5.77. The molecule has 2 rings (SSSR count). The van der Waals surface area contributed by atoms with E-state index in [0.717, 1.165) is 37.0 Å². The van der Waals surface area contributed by atoms with Gasteiger partial charge in [-0.05, 0) is 31.0 Å². The highest BCUT2D eigenvalue weighted by Crippen LogP contribution is 2.26. The van der Waals surface area contributed by atoms with Crippen LogP contribution in [-0.2, 0) is 11.3 Å². The Morgan fingerprint density at radius 2 is 2.24 bits per heavy atom. The summed E-state index contributed by atoms with van der Waals surface area (Å²) in [7, 11) is 1.61. The monoisotopic (exact) mass is 287 g/mol. The van der Waals surface area contributed by atoms with Gasteiger partial charge in [-0.15, -0.1) is 0 Å². The van der Waals surface area contributed by atoms with Gasteiger partial charge in [0.05, 0.1) is 24.7 Å². The molecule has 0 heterocycles. The maximum absolute atomic E-state index is 11.5. The van der Waals surface area contributed by atoms with E-state index < -0.39 is 0 Å². The molecule has 1 aliphatic carbocycles. The molecule has 5 heteroatoms. The number of benzene rings is 1. The van der Waals surface area contributed by atoms with Crippen LogP contribution < -0.4 is 15.8 Å². The summed E-state index contributed by atoms with van der Waals surface area (Å²) in [6.45, 7) is 0.563. The van der Waals surface area contributed by atoms with Crippen molar-refractivity contribution in [2.75, 3.05) is 7.11 Å². The summed E-state index contributed by atoms with van der Waals surface area (Å²) < 4.78 is 5.32. The summed E-state index contributed by atoms with van der Waals surface area (Å²) in [5, 5.41) is 12.4. The zero-order valence-corrected chi connectivity index (χ0v) is 12.3. The number of nitriles is 1. The third-order valence-electron chi connectivity index (χ3n) is 4.10. The molecular weight excluding hydrogens is 266 g/mol. The third-order valence-corrected chi connectivity index (χ3v) is 4.10.